The Hall–Kier alpha value is -3.36. The van der Waals surface area contributed by atoms with E-state index in [-0.39, 0.29) is 11.8 Å². The molecule has 0 aliphatic carbocycles. The van der Waals surface area contributed by atoms with E-state index in [0.29, 0.717) is 31.9 Å². The Morgan fingerprint density at radius 2 is 1.73 bits per heavy atom. The van der Waals surface area contributed by atoms with Crippen LogP contribution in [0.3, 0.4) is 0 Å². The molecule has 0 saturated carbocycles. The third-order valence-electron chi connectivity index (χ3n) is 4.38. The number of para-hydroxylation sites is 1. The zero-order valence-electron chi connectivity index (χ0n) is 17.3. The molecule has 0 radical (unpaired) electrons. The standard InChI is InChI=1S/C21H26FN5O3/c1-21(2,3)30-20(29)27-12-10-26(11-13-27)18-9-8-15(14-23-18)24-19(28)25-17-7-5-4-6-16(17)22/h4-9,14H,10-13H2,1-3H3,(H2,24,25,28). The van der Waals surface area contributed by atoms with Crippen molar-refractivity contribution < 1.29 is 18.7 Å². The number of hydrogen-bond acceptors (Lipinski definition) is 5. The average molecular weight is 415 g/mol. The molecule has 1 fully saturated rings. The van der Waals surface area contributed by atoms with Crippen LogP contribution in [-0.2, 0) is 4.74 Å². The normalized spacial score (nSPS) is 14.3. The molecule has 30 heavy (non-hydrogen) atoms. The van der Waals surface area contributed by atoms with Crippen LogP contribution in [-0.4, -0.2) is 53.8 Å². The van der Waals surface area contributed by atoms with Gasteiger partial charge in [0.25, 0.3) is 0 Å². The van der Waals surface area contributed by atoms with Crippen molar-refractivity contribution in [1.82, 2.24) is 9.88 Å². The molecule has 1 aromatic heterocycles. The van der Waals surface area contributed by atoms with Crippen LogP contribution in [0.2, 0.25) is 0 Å². The van der Waals surface area contributed by atoms with Gasteiger partial charge in [-0.2, -0.15) is 0 Å². The number of nitrogens with zero attached hydrogens (tertiary/aromatic N) is 3. The van der Waals surface area contributed by atoms with E-state index in [0.717, 1.165) is 5.82 Å². The summed E-state index contributed by atoms with van der Waals surface area (Å²) in [6.45, 7) is 7.88. The third kappa shape index (κ3) is 5.82. The zero-order valence-corrected chi connectivity index (χ0v) is 17.3. The smallest absolute Gasteiger partial charge is 0.410 e. The summed E-state index contributed by atoms with van der Waals surface area (Å²) in [5.74, 6) is 0.241. The molecule has 2 aromatic rings. The molecule has 0 bridgehead atoms. The molecule has 2 heterocycles. The summed E-state index contributed by atoms with van der Waals surface area (Å²) in [6.07, 6.45) is 1.23. The molecule has 1 aromatic carbocycles. The minimum absolute atomic E-state index is 0.0995. The lowest BCUT2D eigenvalue weighted by Crippen LogP contribution is -2.50. The van der Waals surface area contributed by atoms with Crippen LogP contribution in [0, 0.1) is 5.82 Å². The number of halogens is 1. The molecule has 9 heteroatoms. The fourth-order valence-corrected chi connectivity index (χ4v) is 2.94. The molecule has 1 aliphatic rings. The van der Waals surface area contributed by atoms with E-state index < -0.39 is 17.4 Å². The van der Waals surface area contributed by atoms with Gasteiger partial charge in [-0.15, -0.1) is 0 Å². The predicted molar refractivity (Wildman–Crippen MR) is 113 cm³/mol. The lowest BCUT2D eigenvalue weighted by atomic mass is 10.2. The number of rotatable bonds is 3. The van der Waals surface area contributed by atoms with Gasteiger partial charge in [0, 0.05) is 26.2 Å². The Morgan fingerprint density at radius 3 is 2.33 bits per heavy atom. The molecule has 3 amide bonds. The van der Waals surface area contributed by atoms with Gasteiger partial charge in [0.1, 0.15) is 17.2 Å². The van der Waals surface area contributed by atoms with Gasteiger partial charge in [-0.05, 0) is 45.0 Å². The molecule has 0 unspecified atom stereocenters. The van der Waals surface area contributed by atoms with Crippen LogP contribution in [0.25, 0.3) is 0 Å². The van der Waals surface area contributed by atoms with E-state index in [9.17, 15) is 14.0 Å². The van der Waals surface area contributed by atoms with Gasteiger partial charge in [0.2, 0.25) is 0 Å². The van der Waals surface area contributed by atoms with Crippen molar-refractivity contribution in [3.05, 3.63) is 48.4 Å². The largest absolute Gasteiger partial charge is 0.444 e. The Kier molecular flexibility index (Phi) is 6.39. The minimum atomic E-state index is -0.555. The number of carbonyl (C=O) groups excluding carboxylic acids is 2. The number of aromatic nitrogens is 1. The Bertz CT molecular complexity index is 890. The summed E-state index contributed by atoms with van der Waals surface area (Å²) >= 11 is 0. The third-order valence-corrected chi connectivity index (χ3v) is 4.38. The molecule has 0 atom stereocenters. The number of carbonyl (C=O) groups is 2. The molecule has 1 aliphatic heterocycles. The fraction of sp³-hybridized carbons (Fsp3) is 0.381. The molecular weight excluding hydrogens is 389 g/mol. The Morgan fingerprint density at radius 1 is 1.03 bits per heavy atom. The summed E-state index contributed by atoms with van der Waals surface area (Å²) in [5, 5.41) is 5.08. The van der Waals surface area contributed by atoms with Crippen molar-refractivity contribution in [2.45, 2.75) is 26.4 Å². The van der Waals surface area contributed by atoms with Gasteiger partial charge in [-0.1, -0.05) is 12.1 Å². The highest BCUT2D eigenvalue weighted by atomic mass is 19.1. The highest BCUT2D eigenvalue weighted by Gasteiger charge is 2.26. The van der Waals surface area contributed by atoms with Gasteiger partial charge < -0.3 is 25.2 Å². The number of piperazine rings is 1. The van der Waals surface area contributed by atoms with Crippen LogP contribution in [0.5, 0.6) is 0 Å². The molecular formula is C21H26FN5O3. The number of anilines is 3. The lowest BCUT2D eigenvalue weighted by Gasteiger charge is -2.36. The molecule has 0 spiro atoms. The van der Waals surface area contributed by atoms with Gasteiger partial charge in [0.05, 0.1) is 17.6 Å². The highest BCUT2D eigenvalue weighted by molar-refractivity contribution is 5.99. The summed E-state index contributed by atoms with van der Waals surface area (Å²) in [7, 11) is 0. The van der Waals surface area contributed by atoms with E-state index in [2.05, 4.69) is 20.5 Å². The summed E-state index contributed by atoms with van der Waals surface area (Å²) in [4.78, 5) is 32.3. The quantitative estimate of drug-likeness (QED) is 0.793. The summed E-state index contributed by atoms with van der Waals surface area (Å²) < 4.78 is 19.0. The second-order valence-corrected chi connectivity index (χ2v) is 7.92. The van der Waals surface area contributed by atoms with Crippen molar-refractivity contribution in [2.75, 3.05) is 41.7 Å². The van der Waals surface area contributed by atoms with Gasteiger partial charge in [-0.3, -0.25) is 0 Å². The minimum Gasteiger partial charge on any atom is -0.444 e. The maximum absolute atomic E-state index is 13.6. The van der Waals surface area contributed by atoms with Crippen LogP contribution >= 0.6 is 0 Å². The summed E-state index contributed by atoms with van der Waals surface area (Å²) in [6, 6.07) is 8.90. The van der Waals surface area contributed by atoms with Crippen molar-refractivity contribution in [1.29, 1.82) is 0 Å². The van der Waals surface area contributed by atoms with E-state index in [4.69, 9.17) is 4.74 Å². The maximum atomic E-state index is 13.6. The molecule has 160 valence electrons. The average Bonchev–Trinajstić information content (AvgIpc) is 2.69. The number of amides is 3. The van der Waals surface area contributed by atoms with Crippen molar-refractivity contribution >= 4 is 29.3 Å². The van der Waals surface area contributed by atoms with Crippen LogP contribution in [0.15, 0.2) is 42.6 Å². The zero-order chi connectivity index (χ0) is 21.7. The van der Waals surface area contributed by atoms with E-state index in [1.807, 2.05) is 20.8 Å². The van der Waals surface area contributed by atoms with Gasteiger partial charge in [0.15, 0.2) is 0 Å². The number of nitrogens with one attached hydrogen (secondary N) is 2. The Balaban J connectivity index is 1.51. The first-order chi connectivity index (χ1) is 14.2. The molecule has 3 rings (SSSR count). The number of urea groups is 1. The number of ether oxygens (including phenoxy) is 1. The fourth-order valence-electron chi connectivity index (χ4n) is 2.94. The van der Waals surface area contributed by atoms with Crippen LogP contribution < -0.4 is 15.5 Å². The Labute approximate surface area is 175 Å². The number of pyridine rings is 1. The molecule has 8 nitrogen and oxygen atoms in total. The summed E-state index contributed by atoms with van der Waals surface area (Å²) in [5.41, 5.74) is 0.0689. The maximum Gasteiger partial charge on any atom is 0.410 e. The van der Waals surface area contributed by atoms with Gasteiger partial charge >= 0.3 is 12.1 Å². The van der Waals surface area contributed by atoms with Gasteiger partial charge in [-0.25, -0.2) is 19.0 Å². The predicted octanol–water partition coefficient (Wildman–Crippen LogP) is 3.92. The second-order valence-electron chi connectivity index (χ2n) is 7.92. The highest BCUT2D eigenvalue weighted by Crippen LogP contribution is 2.18. The van der Waals surface area contributed by atoms with Crippen molar-refractivity contribution in [2.24, 2.45) is 0 Å². The molecule has 2 N–H and O–H groups in total. The van der Waals surface area contributed by atoms with Crippen molar-refractivity contribution in [3.8, 4) is 0 Å². The number of hydrogen-bond donors (Lipinski definition) is 2. The molecule has 1 saturated heterocycles. The topological polar surface area (TPSA) is 86.8 Å². The number of benzene rings is 1. The van der Waals surface area contributed by atoms with Crippen LogP contribution in [0.4, 0.5) is 31.2 Å². The van der Waals surface area contributed by atoms with Crippen molar-refractivity contribution in [3.63, 3.8) is 0 Å². The van der Waals surface area contributed by atoms with E-state index in [1.54, 1.807) is 29.2 Å². The first kappa shape index (κ1) is 21.4. The monoisotopic (exact) mass is 415 g/mol. The van der Waals surface area contributed by atoms with E-state index >= 15 is 0 Å². The first-order valence-corrected chi connectivity index (χ1v) is 9.73. The van der Waals surface area contributed by atoms with Crippen LogP contribution in [0.1, 0.15) is 20.8 Å². The SMILES string of the molecule is CC(C)(C)OC(=O)N1CCN(c2ccc(NC(=O)Nc3ccccc3F)cn2)CC1. The lowest BCUT2D eigenvalue weighted by molar-refractivity contribution is 0.0240. The first-order valence-electron chi connectivity index (χ1n) is 9.73. The van der Waals surface area contributed by atoms with E-state index in [1.165, 1.54) is 18.3 Å². The second kappa shape index (κ2) is 8.98.